The van der Waals surface area contributed by atoms with Gasteiger partial charge >= 0.3 is 5.97 Å². The largest absolute Gasteiger partial charge is 0.480 e. The van der Waals surface area contributed by atoms with Gasteiger partial charge in [-0.1, -0.05) is 6.92 Å². The summed E-state index contributed by atoms with van der Waals surface area (Å²) in [5.74, 6) is -0.783. The first-order valence-corrected chi connectivity index (χ1v) is 6.47. The summed E-state index contributed by atoms with van der Waals surface area (Å²) in [5, 5.41) is 13.4. The molecule has 102 valence electrons. The lowest BCUT2D eigenvalue weighted by molar-refractivity contribution is -0.139. The summed E-state index contributed by atoms with van der Waals surface area (Å²) >= 11 is 0. The minimum atomic E-state index is -0.783. The summed E-state index contributed by atoms with van der Waals surface area (Å²) in [6.07, 6.45) is 0.937. The van der Waals surface area contributed by atoms with Crippen LogP contribution in [-0.4, -0.2) is 38.3 Å². The molecular weight excluding hydrogens is 230 g/mol. The average Bonchev–Trinajstić information content (AvgIpc) is 2.67. The number of hydrogen-bond donors (Lipinski definition) is 1. The van der Waals surface area contributed by atoms with Crippen molar-refractivity contribution in [3.05, 3.63) is 17.5 Å². The van der Waals surface area contributed by atoms with Gasteiger partial charge in [-0.2, -0.15) is 5.10 Å². The maximum absolute atomic E-state index is 10.9. The molecule has 0 saturated carbocycles. The van der Waals surface area contributed by atoms with Crippen molar-refractivity contribution in [1.82, 2.24) is 14.7 Å². The Kier molecular flexibility index (Phi) is 5.34. The van der Waals surface area contributed by atoms with E-state index >= 15 is 0 Å². The smallest absolute Gasteiger partial charge is 0.317 e. The average molecular weight is 253 g/mol. The zero-order valence-electron chi connectivity index (χ0n) is 11.7. The highest BCUT2D eigenvalue weighted by molar-refractivity contribution is 5.69. The van der Waals surface area contributed by atoms with E-state index in [9.17, 15) is 4.79 Å². The SMILES string of the molecule is CCC(C)N(CC(=O)O)Cc1cc(C)nn1CC. The van der Waals surface area contributed by atoms with Crippen molar-refractivity contribution in [2.45, 2.75) is 53.2 Å². The Labute approximate surface area is 108 Å². The fourth-order valence-corrected chi connectivity index (χ4v) is 2.01. The topological polar surface area (TPSA) is 58.4 Å². The molecule has 0 bridgehead atoms. The van der Waals surface area contributed by atoms with Crippen molar-refractivity contribution in [3.8, 4) is 0 Å². The van der Waals surface area contributed by atoms with Crippen molar-refractivity contribution in [2.75, 3.05) is 6.54 Å². The predicted molar refractivity (Wildman–Crippen MR) is 70.4 cm³/mol. The maximum atomic E-state index is 10.9. The molecule has 0 aliphatic rings. The van der Waals surface area contributed by atoms with E-state index in [0.717, 1.165) is 24.4 Å². The molecule has 0 aliphatic heterocycles. The molecule has 0 fully saturated rings. The second-order valence-corrected chi connectivity index (χ2v) is 4.65. The fourth-order valence-electron chi connectivity index (χ4n) is 2.01. The van der Waals surface area contributed by atoms with Crippen molar-refractivity contribution < 1.29 is 9.90 Å². The molecule has 18 heavy (non-hydrogen) atoms. The highest BCUT2D eigenvalue weighted by Crippen LogP contribution is 2.12. The van der Waals surface area contributed by atoms with Gasteiger partial charge in [0, 0.05) is 19.1 Å². The molecule has 5 heteroatoms. The Morgan fingerprint density at radius 2 is 2.22 bits per heavy atom. The minimum absolute atomic E-state index is 0.0724. The fraction of sp³-hybridized carbons (Fsp3) is 0.692. The number of carbonyl (C=O) groups is 1. The highest BCUT2D eigenvalue weighted by atomic mass is 16.4. The van der Waals surface area contributed by atoms with E-state index in [4.69, 9.17) is 5.11 Å². The molecular formula is C13H23N3O2. The molecule has 0 amide bonds. The third kappa shape index (κ3) is 3.84. The lowest BCUT2D eigenvalue weighted by Gasteiger charge is -2.26. The third-order valence-electron chi connectivity index (χ3n) is 3.20. The van der Waals surface area contributed by atoms with Gasteiger partial charge in [-0.3, -0.25) is 14.4 Å². The monoisotopic (exact) mass is 253 g/mol. The van der Waals surface area contributed by atoms with Crippen molar-refractivity contribution in [1.29, 1.82) is 0 Å². The molecule has 1 unspecified atom stereocenters. The van der Waals surface area contributed by atoms with E-state index in [-0.39, 0.29) is 12.6 Å². The molecule has 0 aromatic carbocycles. The van der Waals surface area contributed by atoms with Crippen molar-refractivity contribution in [2.24, 2.45) is 0 Å². The number of rotatable bonds is 7. The van der Waals surface area contributed by atoms with E-state index in [0.29, 0.717) is 6.54 Å². The van der Waals surface area contributed by atoms with Gasteiger partial charge in [0.05, 0.1) is 17.9 Å². The van der Waals surface area contributed by atoms with Gasteiger partial charge in [0.1, 0.15) is 0 Å². The molecule has 0 spiro atoms. The normalized spacial score (nSPS) is 12.9. The number of aromatic nitrogens is 2. The molecule has 0 aliphatic carbocycles. The zero-order chi connectivity index (χ0) is 13.7. The minimum Gasteiger partial charge on any atom is -0.480 e. The lowest BCUT2D eigenvalue weighted by Crippen LogP contribution is -2.37. The van der Waals surface area contributed by atoms with Crippen LogP contribution < -0.4 is 0 Å². The number of aliphatic carboxylic acids is 1. The zero-order valence-corrected chi connectivity index (χ0v) is 11.7. The number of carboxylic acids is 1. The lowest BCUT2D eigenvalue weighted by atomic mass is 10.2. The number of aryl methyl sites for hydroxylation is 2. The Bertz CT molecular complexity index is 401. The molecule has 1 aromatic heterocycles. The van der Waals surface area contributed by atoms with E-state index < -0.39 is 5.97 Å². The third-order valence-corrected chi connectivity index (χ3v) is 3.20. The van der Waals surface area contributed by atoms with Crippen LogP contribution >= 0.6 is 0 Å². The van der Waals surface area contributed by atoms with Gasteiger partial charge in [0.15, 0.2) is 0 Å². The van der Waals surface area contributed by atoms with Crippen LogP contribution in [0.25, 0.3) is 0 Å². The summed E-state index contributed by atoms with van der Waals surface area (Å²) in [5.41, 5.74) is 2.06. The summed E-state index contributed by atoms with van der Waals surface area (Å²) in [6.45, 7) is 9.65. The van der Waals surface area contributed by atoms with E-state index in [1.165, 1.54) is 0 Å². The first-order chi connectivity index (χ1) is 8.47. The van der Waals surface area contributed by atoms with Gasteiger partial charge in [0.2, 0.25) is 0 Å². The standard InChI is InChI=1S/C13H23N3O2/c1-5-11(4)15(9-13(17)18)8-12-7-10(3)14-16(12)6-2/h7,11H,5-6,8-9H2,1-4H3,(H,17,18). The van der Waals surface area contributed by atoms with Crippen LogP contribution in [0.4, 0.5) is 0 Å². The van der Waals surface area contributed by atoms with Gasteiger partial charge in [-0.15, -0.1) is 0 Å². The molecule has 0 saturated heterocycles. The molecule has 1 N–H and O–H groups in total. The van der Waals surface area contributed by atoms with Crippen LogP contribution in [0.3, 0.4) is 0 Å². The Hall–Kier alpha value is -1.36. The van der Waals surface area contributed by atoms with E-state index in [1.807, 2.05) is 29.5 Å². The second kappa shape index (κ2) is 6.54. The van der Waals surface area contributed by atoms with Crippen LogP contribution in [0.2, 0.25) is 0 Å². The molecule has 1 rings (SSSR count). The molecule has 1 heterocycles. The first-order valence-electron chi connectivity index (χ1n) is 6.47. The molecule has 1 atom stereocenters. The predicted octanol–water partition coefficient (Wildman–Crippen LogP) is 1.90. The number of nitrogens with zero attached hydrogens (tertiary/aromatic N) is 3. The second-order valence-electron chi connectivity index (χ2n) is 4.65. The van der Waals surface area contributed by atoms with Crippen LogP contribution in [0.15, 0.2) is 6.07 Å². The maximum Gasteiger partial charge on any atom is 0.317 e. The summed E-state index contributed by atoms with van der Waals surface area (Å²) in [7, 11) is 0. The molecule has 1 aromatic rings. The number of carboxylic acid groups (broad SMARTS) is 1. The van der Waals surface area contributed by atoms with Gasteiger partial charge in [-0.25, -0.2) is 0 Å². The van der Waals surface area contributed by atoms with Crippen LogP contribution in [0.5, 0.6) is 0 Å². The summed E-state index contributed by atoms with van der Waals surface area (Å²) in [4.78, 5) is 12.9. The van der Waals surface area contributed by atoms with E-state index in [2.05, 4.69) is 18.9 Å². The summed E-state index contributed by atoms with van der Waals surface area (Å²) < 4.78 is 1.94. The van der Waals surface area contributed by atoms with Gasteiger partial charge < -0.3 is 5.11 Å². The number of hydrogen-bond acceptors (Lipinski definition) is 3. The quantitative estimate of drug-likeness (QED) is 0.806. The van der Waals surface area contributed by atoms with Crippen LogP contribution in [0, 0.1) is 6.92 Å². The molecule has 5 nitrogen and oxygen atoms in total. The Morgan fingerprint density at radius 3 is 2.72 bits per heavy atom. The van der Waals surface area contributed by atoms with E-state index in [1.54, 1.807) is 0 Å². The molecule has 0 radical (unpaired) electrons. The summed E-state index contributed by atoms with van der Waals surface area (Å²) in [6, 6.07) is 2.28. The van der Waals surface area contributed by atoms with Crippen LogP contribution in [0.1, 0.15) is 38.6 Å². The van der Waals surface area contributed by atoms with Gasteiger partial charge in [0.25, 0.3) is 0 Å². The van der Waals surface area contributed by atoms with Gasteiger partial charge in [-0.05, 0) is 33.3 Å². The van der Waals surface area contributed by atoms with Crippen molar-refractivity contribution >= 4 is 5.97 Å². The highest BCUT2D eigenvalue weighted by Gasteiger charge is 2.18. The first kappa shape index (κ1) is 14.7. The Morgan fingerprint density at radius 1 is 1.56 bits per heavy atom. The van der Waals surface area contributed by atoms with Crippen LogP contribution in [-0.2, 0) is 17.9 Å². The van der Waals surface area contributed by atoms with Crippen molar-refractivity contribution in [3.63, 3.8) is 0 Å². The Balaban J connectivity index is 2.84.